The summed E-state index contributed by atoms with van der Waals surface area (Å²) in [7, 11) is 2.12. The van der Waals surface area contributed by atoms with Crippen LogP contribution in [0.25, 0.3) is 0 Å². The Kier molecular flexibility index (Phi) is 7.48. The van der Waals surface area contributed by atoms with Crippen LogP contribution in [0.2, 0.25) is 0 Å². The highest BCUT2D eigenvalue weighted by molar-refractivity contribution is 7.99. The van der Waals surface area contributed by atoms with Crippen LogP contribution in [0.1, 0.15) is 18.4 Å². The van der Waals surface area contributed by atoms with Crippen LogP contribution >= 0.6 is 11.8 Å². The summed E-state index contributed by atoms with van der Waals surface area (Å²) in [6.07, 6.45) is 2.31. The molecule has 1 heterocycles. The van der Waals surface area contributed by atoms with Gasteiger partial charge < -0.3 is 15.0 Å². The van der Waals surface area contributed by atoms with Crippen LogP contribution < -0.4 is 10.1 Å². The molecule has 8 heteroatoms. The van der Waals surface area contributed by atoms with Gasteiger partial charge in [0.25, 0.3) is 5.69 Å². The molecule has 154 valence electrons. The molecule has 0 unspecified atom stereocenters. The third kappa shape index (κ3) is 6.76. The van der Waals surface area contributed by atoms with Crippen molar-refractivity contribution in [2.75, 3.05) is 31.2 Å². The zero-order valence-corrected chi connectivity index (χ0v) is 17.2. The molecule has 29 heavy (non-hydrogen) atoms. The standard InChI is InChI=1S/C21H25N3O4S/c1-23-12-10-20(11-13-23)28-19-8-4-17(5-9-19)22-21(25)15-29-14-16-2-6-18(7-3-16)24(26)27/h2-9,20H,10-15H2,1H3,(H,22,25). The van der Waals surface area contributed by atoms with Crippen molar-refractivity contribution in [3.8, 4) is 5.75 Å². The molecule has 0 aliphatic carbocycles. The monoisotopic (exact) mass is 415 g/mol. The molecule has 0 atom stereocenters. The van der Waals surface area contributed by atoms with Crippen LogP contribution in [0.3, 0.4) is 0 Å². The number of carbonyl (C=O) groups is 1. The number of carbonyl (C=O) groups excluding carboxylic acids is 1. The van der Waals surface area contributed by atoms with Gasteiger partial charge >= 0.3 is 0 Å². The van der Waals surface area contributed by atoms with Crippen LogP contribution in [0, 0.1) is 10.1 Å². The van der Waals surface area contributed by atoms with Crippen molar-refractivity contribution in [1.82, 2.24) is 4.90 Å². The van der Waals surface area contributed by atoms with E-state index in [4.69, 9.17) is 4.74 Å². The average molecular weight is 416 g/mol. The van der Waals surface area contributed by atoms with Gasteiger partial charge in [-0.3, -0.25) is 14.9 Å². The maximum Gasteiger partial charge on any atom is 0.269 e. The Bertz CT molecular complexity index is 819. The molecule has 1 N–H and O–H groups in total. The lowest BCUT2D eigenvalue weighted by molar-refractivity contribution is -0.384. The van der Waals surface area contributed by atoms with E-state index in [9.17, 15) is 14.9 Å². The van der Waals surface area contributed by atoms with Gasteiger partial charge in [0.15, 0.2) is 0 Å². The van der Waals surface area contributed by atoms with E-state index in [0.717, 1.165) is 42.9 Å². The summed E-state index contributed by atoms with van der Waals surface area (Å²) in [4.78, 5) is 24.7. The first-order valence-corrected chi connectivity index (χ1v) is 10.7. The number of piperidine rings is 1. The molecule has 0 radical (unpaired) electrons. The number of rotatable bonds is 8. The second-order valence-electron chi connectivity index (χ2n) is 7.11. The smallest absolute Gasteiger partial charge is 0.269 e. The lowest BCUT2D eigenvalue weighted by Crippen LogP contribution is -2.35. The van der Waals surface area contributed by atoms with E-state index < -0.39 is 4.92 Å². The molecule has 1 aliphatic rings. The number of anilines is 1. The fourth-order valence-corrected chi connectivity index (χ4v) is 3.87. The largest absolute Gasteiger partial charge is 0.490 e. The van der Waals surface area contributed by atoms with Crippen molar-refractivity contribution in [3.05, 3.63) is 64.2 Å². The number of thioether (sulfide) groups is 1. The maximum absolute atomic E-state index is 12.1. The Hall–Kier alpha value is -2.58. The Morgan fingerprint density at radius 3 is 2.45 bits per heavy atom. The number of likely N-dealkylation sites (tertiary alicyclic amines) is 1. The van der Waals surface area contributed by atoms with Gasteiger partial charge in [-0.2, -0.15) is 0 Å². The average Bonchev–Trinajstić information content (AvgIpc) is 2.71. The van der Waals surface area contributed by atoms with Gasteiger partial charge in [0.05, 0.1) is 10.7 Å². The van der Waals surface area contributed by atoms with E-state index in [-0.39, 0.29) is 17.7 Å². The number of hydrogen-bond acceptors (Lipinski definition) is 6. The van der Waals surface area contributed by atoms with Crippen LogP contribution in [0.15, 0.2) is 48.5 Å². The fraction of sp³-hybridized carbons (Fsp3) is 0.381. The molecule has 2 aromatic carbocycles. The SMILES string of the molecule is CN1CCC(Oc2ccc(NC(=O)CSCc3ccc([N+](=O)[O-])cc3)cc2)CC1. The van der Waals surface area contributed by atoms with Crippen molar-refractivity contribution in [1.29, 1.82) is 0 Å². The molecule has 1 fully saturated rings. The van der Waals surface area contributed by atoms with Gasteiger partial charge in [0.2, 0.25) is 5.91 Å². The minimum Gasteiger partial charge on any atom is -0.490 e. The van der Waals surface area contributed by atoms with E-state index in [0.29, 0.717) is 11.5 Å². The van der Waals surface area contributed by atoms with Crippen LogP contribution in [0.4, 0.5) is 11.4 Å². The fourth-order valence-electron chi connectivity index (χ4n) is 3.08. The highest BCUT2D eigenvalue weighted by Gasteiger charge is 2.17. The highest BCUT2D eigenvalue weighted by atomic mass is 32.2. The number of ether oxygens (including phenoxy) is 1. The predicted molar refractivity (Wildman–Crippen MR) is 115 cm³/mol. The summed E-state index contributed by atoms with van der Waals surface area (Å²) in [5.74, 6) is 1.67. The van der Waals surface area contributed by atoms with Gasteiger partial charge in [-0.15, -0.1) is 11.8 Å². The number of nitro benzene ring substituents is 1. The first-order valence-electron chi connectivity index (χ1n) is 9.56. The summed E-state index contributed by atoms with van der Waals surface area (Å²) in [5, 5.41) is 13.5. The molecule has 1 amide bonds. The number of benzene rings is 2. The van der Waals surface area contributed by atoms with Gasteiger partial charge in [0.1, 0.15) is 11.9 Å². The van der Waals surface area contributed by atoms with Crippen molar-refractivity contribution < 1.29 is 14.5 Å². The first-order chi connectivity index (χ1) is 14.0. The van der Waals surface area contributed by atoms with Crippen molar-refractivity contribution in [2.45, 2.75) is 24.7 Å². The molecule has 0 saturated carbocycles. The lowest BCUT2D eigenvalue weighted by Gasteiger charge is -2.29. The number of nitrogens with one attached hydrogen (secondary N) is 1. The van der Waals surface area contributed by atoms with Gasteiger partial charge in [-0.05, 0) is 49.7 Å². The maximum atomic E-state index is 12.1. The van der Waals surface area contributed by atoms with Crippen molar-refractivity contribution >= 4 is 29.0 Å². The molecular formula is C21H25N3O4S. The molecular weight excluding hydrogens is 390 g/mol. The van der Waals surface area contributed by atoms with Crippen molar-refractivity contribution in [3.63, 3.8) is 0 Å². The van der Waals surface area contributed by atoms with Gasteiger partial charge in [0, 0.05) is 36.7 Å². The van der Waals surface area contributed by atoms with E-state index in [1.54, 1.807) is 12.1 Å². The normalized spacial score (nSPS) is 15.1. The Balaban J connectivity index is 1.39. The Labute approximate surface area is 174 Å². The van der Waals surface area contributed by atoms with E-state index in [2.05, 4.69) is 17.3 Å². The third-order valence-corrected chi connectivity index (χ3v) is 5.76. The topological polar surface area (TPSA) is 84.7 Å². The summed E-state index contributed by atoms with van der Waals surface area (Å²) in [6, 6.07) is 13.9. The summed E-state index contributed by atoms with van der Waals surface area (Å²) >= 11 is 1.46. The summed E-state index contributed by atoms with van der Waals surface area (Å²) in [5.41, 5.74) is 1.75. The van der Waals surface area contributed by atoms with E-state index in [1.807, 2.05) is 24.3 Å². The number of amides is 1. The van der Waals surface area contributed by atoms with Crippen molar-refractivity contribution in [2.24, 2.45) is 0 Å². The molecule has 3 rings (SSSR count). The van der Waals surface area contributed by atoms with Crippen LogP contribution in [0.5, 0.6) is 5.75 Å². The summed E-state index contributed by atoms with van der Waals surface area (Å²) in [6.45, 7) is 2.10. The molecule has 1 aliphatic heterocycles. The van der Waals surface area contributed by atoms with Gasteiger partial charge in [-0.25, -0.2) is 0 Å². The number of nitro groups is 1. The van der Waals surface area contributed by atoms with Crippen LogP contribution in [-0.2, 0) is 10.5 Å². The molecule has 2 aromatic rings. The second kappa shape index (κ2) is 10.3. The second-order valence-corrected chi connectivity index (χ2v) is 8.09. The molecule has 0 bridgehead atoms. The predicted octanol–water partition coefficient (Wildman–Crippen LogP) is 3.94. The Morgan fingerprint density at radius 2 is 1.83 bits per heavy atom. The van der Waals surface area contributed by atoms with Crippen LogP contribution in [-0.4, -0.2) is 47.7 Å². The zero-order valence-electron chi connectivity index (χ0n) is 16.4. The lowest BCUT2D eigenvalue weighted by atomic mass is 10.1. The number of nitrogens with zero attached hydrogens (tertiary/aromatic N) is 2. The minimum absolute atomic E-state index is 0.0692. The Morgan fingerprint density at radius 1 is 1.17 bits per heavy atom. The molecule has 7 nitrogen and oxygen atoms in total. The molecule has 0 aromatic heterocycles. The summed E-state index contributed by atoms with van der Waals surface area (Å²) < 4.78 is 6.02. The van der Waals surface area contributed by atoms with Gasteiger partial charge in [-0.1, -0.05) is 12.1 Å². The highest BCUT2D eigenvalue weighted by Crippen LogP contribution is 2.21. The number of non-ortho nitro benzene ring substituents is 1. The zero-order chi connectivity index (χ0) is 20.6. The molecule has 0 spiro atoms. The van der Waals surface area contributed by atoms with E-state index in [1.165, 1.54) is 23.9 Å². The minimum atomic E-state index is -0.422. The molecule has 1 saturated heterocycles. The third-order valence-electron chi connectivity index (χ3n) is 4.76. The van der Waals surface area contributed by atoms with E-state index >= 15 is 0 Å². The number of hydrogen-bond donors (Lipinski definition) is 1. The quantitative estimate of drug-likeness (QED) is 0.519. The first kappa shape index (κ1) is 21.1.